The van der Waals surface area contributed by atoms with Crippen molar-refractivity contribution in [2.45, 2.75) is 26.7 Å². The van der Waals surface area contributed by atoms with Crippen LogP contribution >= 0.6 is 0 Å². The third-order valence-corrected chi connectivity index (χ3v) is 3.32. The van der Waals surface area contributed by atoms with Gasteiger partial charge in [-0.3, -0.25) is 9.89 Å². The fourth-order valence-electron chi connectivity index (χ4n) is 2.15. The Balaban J connectivity index is 1.94. The third kappa shape index (κ3) is 2.87. The fraction of sp³-hybridized carbons (Fsp3) is 0.750. The Kier molecular flexibility index (Phi) is 4.30. The van der Waals surface area contributed by atoms with Gasteiger partial charge in [-0.2, -0.15) is 0 Å². The van der Waals surface area contributed by atoms with Crippen molar-refractivity contribution in [3.63, 3.8) is 0 Å². The summed E-state index contributed by atoms with van der Waals surface area (Å²) in [6, 6.07) is 0. The number of aryl methyl sites for hydroxylation is 1. The van der Waals surface area contributed by atoms with Crippen LogP contribution in [0.3, 0.4) is 0 Å². The highest BCUT2D eigenvalue weighted by Gasteiger charge is 2.24. The number of rotatable bonds is 4. The monoisotopic (exact) mass is 251 g/mol. The van der Waals surface area contributed by atoms with E-state index >= 15 is 0 Å². The summed E-state index contributed by atoms with van der Waals surface area (Å²) in [5.74, 6) is 1.06. The molecule has 0 spiro atoms. The first kappa shape index (κ1) is 13.0. The summed E-state index contributed by atoms with van der Waals surface area (Å²) < 4.78 is 0. The summed E-state index contributed by atoms with van der Waals surface area (Å²) in [7, 11) is 0. The third-order valence-electron chi connectivity index (χ3n) is 3.32. The van der Waals surface area contributed by atoms with Gasteiger partial charge in [0.1, 0.15) is 5.82 Å². The summed E-state index contributed by atoms with van der Waals surface area (Å²) in [5, 5.41) is 6.84. The molecule has 1 aromatic rings. The van der Waals surface area contributed by atoms with E-state index in [1.165, 1.54) is 0 Å². The van der Waals surface area contributed by atoms with Crippen LogP contribution in [0.15, 0.2) is 0 Å². The molecule has 1 aliphatic heterocycles. The summed E-state index contributed by atoms with van der Waals surface area (Å²) in [6.07, 6.45) is 1.84. The van der Waals surface area contributed by atoms with Gasteiger partial charge in [0, 0.05) is 32.6 Å². The van der Waals surface area contributed by atoms with Gasteiger partial charge in [-0.15, -0.1) is 5.10 Å². The van der Waals surface area contributed by atoms with Gasteiger partial charge in [0.25, 0.3) is 5.91 Å². The zero-order valence-electron chi connectivity index (χ0n) is 11.1. The fourth-order valence-corrected chi connectivity index (χ4v) is 2.15. The van der Waals surface area contributed by atoms with E-state index < -0.39 is 0 Å². The van der Waals surface area contributed by atoms with Gasteiger partial charge in [0.05, 0.1) is 0 Å². The molecule has 0 aliphatic carbocycles. The second-order valence-corrected chi connectivity index (χ2v) is 4.58. The Morgan fingerprint density at radius 1 is 1.28 bits per heavy atom. The van der Waals surface area contributed by atoms with Gasteiger partial charge in [0.15, 0.2) is 0 Å². The largest absolute Gasteiger partial charge is 0.333 e. The predicted octanol–water partition coefficient (Wildman–Crippen LogP) is 0.535. The minimum absolute atomic E-state index is 0.0515. The van der Waals surface area contributed by atoms with Crippen LogP contribution in [0.25, 0.3) is 0 Å². The maximum absolute atomic E-state index is 12.2. The molecule has 0 aromatic carbocycles. The number of carbonyl (C=O) groups is 1. The number of hydrogen-bond donors (Lipinski definition) is 1. The maximum atomic E-state index is 12.2. The molecular weight excluding hydrogens is 230 g/mol. The molecule has 2 rings (SSSR count). The molecule has 1 amide bonds. The lowest BCUT2D eigenvalue weighted by molar-refractivity contribution is 0.0631. The van der Waals surface area contributed by atoms with Crippen LogP contribution in [-0.4, -0.2) is 63.6 Å². The molecule has 0 bridgehead atoms. The van der Waals surface area contributed by atoms with Crippen molar-refractivity contribution in [1.82, 2.24) is 25.0 Å². The molecule has 2 heterocycles. The lowest BCUT2D eigenvalue weighted by atomic mass is 10.3. The molecule has 0 saturated carbocycles. The van der Waals surface area contributed by atoms with E-state index in [2.05, 4.69) is 33.9 Å². The predicted molar refractivity (Wildman–Crippen MR) is 68.4 cm³/mol. The SMILES string of the molecule is CCCc1nc(C(=O)N2CCN(CC)CC2)n[nH]1. The zero-order valence-corrected chi connectivity index (χ0v) is 11.1. The van der Waals surface area contributed by atoms with Crippen molar-refractivity contribution < 1.29 is 4.79 Å². The standard InChI is InChI=1S/C12H21N5O/c1-3-5-10-13-11(15-14-10)12(18)17-8-6-16(4-2)7-9-17/h3-9H2,1-2H3,(H,13,14,15). The number of aromatic nitrogens is 3. The highest BCUT2D eigenvalue weighted by Crippen LogP contribution is 2.06. The maximum Gasteiger partial charge on any atom is 0.293 e. The van der Waals surface area contributed by atoms with E-state index in [0.717, 1.165) is 51.4 Å². The molecule has 6 heteroatoms. The molecule has 18 heavy (non-hydrogen) atoms. The molecule has 1 aromatic heterocycles. The highest BCUT2D eigenvalue weighted by molar-refractivity contribution is 5.90. The number of H-pyrrole nitrogens is 1. The Hall–Kier alpha value is -1.43. The van der Waals surface area contributed by atoms with E-state index in [-0.39, 0.29) is 5.91 Å². The van der Waals surface area contributed by atoms with Gasteiger partial charge >= 0.3 is 0 Å². The van der Waals surface area contributed by atoms with Gasteiger partial charge in [-0.1, -0.05) is 13.8 Å². The number of nitrogens with one attached hydrogen (secondary N) is 1. The minimum atomic E-state index is -0.0515. The Morgan fingerprint density at radius 2 is 2.00 bits per heavy atom. The Morgan fingerprint density at radius 3 is 2.61 bits per heavy atom. The number of hydrogen-bond acceptors (Lipinski definition) is 4. The first-order valence-corrected chi connectivity index (χ1v) is 6.67. The average Bonchev–Trinajstić information content (AvgIpc) is 2.87. The van der Waals surface area contributed by atoms with E-state index in [1.54, 1.807) is 0 Å². The molecule has 6 nitrogen and oxygen atoms in total. The van der Waals surface area contributed by atoms with Crippen molar-refractivity contribution in [3.05, 3.63) is 11.6 Å². The van der Waals surface area contributed by atoms with E-state index in [4.69, 9.17) is 0 Å². The topological polar surface area (TPSA) is 65.1 Å². The van der Waals surface area contributed by atoms with Crippen molar-refractivity contribution >= 4 is 5.91 Å². The second kappa shape index (κ2) is 5.95. The number of nitrogens with zero attached hydrogens (tertiary/aromatic N) is 4. The second-order valence-electron chi connectivity index (χ2n) is 4.58. The van der Waals surface area contributed by atoms with Gasteiger partial charge in [0.2, 0.25) is 5.82 Å². The summed E-state index contributed by atoms with van der Waals surface area (Å²) in [5.41, 5.74) is 0. The first-order chi connectivity index (χ1) is 8.74. The Bertz CT molecular complexity index is 395. The molecular formula is C12H21N5O. The van der Waals surface area contributed by atoms with E-state index in [0.29, 0.717) is 5.82 Å². The van der Waals surface area contributed by atoms with Crippen molar-refractivity contribution in [3.8, 4) is 0 Å². The quantitative estimate of drug-likeness (QED) is 0.848. The molecule has 1 saturated heterocycles. The number of aromatic amines is 1. The number of amides is 1. The summed E-state index contributed by atoms with van der Waals surface area (Å²) in [4.78, 5) is 20.6. The molecule has 1 aliphatic rings. The molecule has 100 valence electrons. The molecule has 1 fully saturated rings. The molecule has 0 unspecified atom stereocenters. The van der Waals surface area contributed by atoms with Crippen molar-refractivity contribution in [1.29, 1.82) is 0 Å². The van der Waals surface area contributed by atoms with Crippen LogP contribution < -0.4 is 0 Å². The van der Waals surface area contributed by atoms with Crippen LogP contribution in [0.4, 0.5) is 0 Å². The van der Waals surface area contributed by atoms with Crippen LogP contribution in [0.2, 0.25) is 0 Å². The van der Waals surface area contributed by atoms with Crippen LogP contribution in [0, 0.1) is 0 Å². The first-order valence-electron chi connectivity index (χ1n) is 6.67. The van der Waals surface area contributed by atoms with Gasteiger partial charge in [-0.05, 0) is 13.0 Å². The lowest BCUT2D eigenvalue weighted by Gasteiger charge is -2.33. The van der Waals surface area contributed by atoms with Crippen LogP contribution in [0.5, 0.6) is 0 Å². The van der Waals surface area contributed by atoms with Crippen LogP contribution in [-0.2, 0) is 6.42 Å². The van der Waals surface area contributed by atoms with Crippen molar-refractivity contribution in [2.75, 3.05) is 32.7 Å². The minimum Gasteiger partial charge on any atom is -0.333 e. The molecule has 1 N–H and O–H groups in total. The lowest BCUT2D eigenvalue weighted by Crippen LogP contribution is -2.48. The van der Waals surface area contributed by atoms with Crippen molar-refractivity contribution in [2.24, 2.45) is 0 Å². The molecule has 0 radical (unpaired) electrons. The normalized spacial score (nSPS) is 17.1. The summed E-state index contributed by atoms with van der Waals surface area (Å²) in [6.45, 7) is 8.68. The number of likely N-dealkylation sites (N-methyl/N-ethyl adjacent to an activating group) is 1. The Labute approximate surface area is 107 Å². The molecule has 0 atom stereocenters. The van der Waals surface area contributed by atoms with E-state index in [9.17, 15) is 4.79 Å². The smallest absolute Gasteiger partial charge is 0.293 e. The average molecular weight is 251 g/mol. The highest BCUT2D eigenvalue weighted by atomic mass is 16.2. The van der Waals surface area contributed by atoms with E-state index in [1.807, 2.05) is 4.90 Å². The van der Waals surface area contributed by atoms with Crippen LogP contribution in [0.1, 0.15) is 36.7 Å². The number of piperazine rings is 1. The zero-order chi connectivity index (χ0) is 13.0. The summed E-state index contributed by atoms with van der Waals surface area (Å²) >= 11 is 0. The van der Waals surface area contributed by atoms with Gasteiger partial charge in [-0.25, -0.2) is 4.98 Å². The number of carbonyl (C=O) groups excluding carboxylic acids is 1. The van der Waals surface area contributed by atoms with Gasteiger partial charge < -0.3 is 9.80 Å².